The van der Waals surface area contributed by atoms with Crippen LogP contribution in [0.2, 0.25) is 0 Å². The van der Waals surface area contributed by atoms with Crippen molar-refractivity contribution in [3.63, 3.8) is 0 Å². The molecule has 4 N–H and O–H groups in total. The first-order valence-electron chi connectivity index (χ1n) is 10.5. The van der Waals surface area contributed by atoms with E-state index in [1.54, 1.807) is 13.8 Å². The molecule has 0 fully saturated rings. The van der Waals surface area contributed by atoms with Crippen molar-refractivity contribution in [2.45, 2.75) is 53.8 Å². The smallest absolute Gasteiger partial charge is 0.384 e. The summed E-state index contributed by atoms with van der Waals surface area (Å²) in [5.74, 6) is -3.17. The summed E-state index contributed by atoms with van der Waals surface area (Å²) in [7, 11) is 0. The Morgan fingerprint density at radius 3 is 1.82 bits per heavy atom. The Morgan fingerprint density at radius 2 is 1.29 bits per heavy atom. The summed E-state index contributed by atoms with van der Waals surface area (Å²) < 4.78 is 66.1. The van der Waals surface area contributed by atoms with Gasteiger partial charge in [-0.3, -0.25) is 0 Å². The predicted octanol–water partition coefficient (Wildman–Crippen LogP) is 5.82. The molecule has 0 atom stereocenters. The van der Waals surface area contributed by atoms with Gasteiger partial charge in [-0.2, -0.15) is 28.1 Å². The first-order chi connectivity index (χ1) is 16.0. The molecule has 0 radical (unpaired) electrons. The number of rotatable bonds is 5. The van der Waals surface area contributed by atoms with Gasteiger partial charge in [0.2, 0.25) is 17.7 Å². The Bertz CT molecular complexity index is 1050. The second-order valence-corrected chi connectivity index (χ2v) is 6.39. The Balaban J connectivity index is 0.00000137. The highest BCUT2D eigenvalue weighted by Gasteiger charge is 2.34. The molecule has 186 valence electrons. The van der Waals surface area contributed by atoms with Crippen LogP contribution in [-0.4, -0.2) is 31.0 Å². The zero-order chi connectivity index (χ0) is 26.1. The third-order valence-corrected chi connectivity index (χ3v) is 3.41. The van der Waals surface area contributed by atoms with E-state index >= 15 is 0 Å². The van der Waals surface area contributed by atoms with E-state index < -0.39 is 35.1 Å². The fourth-order valence-corrected chi connectivity index (χ4v) is 2.32. The lowest BCUT2D eigenvalue weighted by atomic mass is 10.3. The van der Waals surface area contributed by atoms with Gasteiger partial charge in [0, 0.05) is 23.9 Å². The monoisotopic (exact) mass is 486 g/mol. The number of alkyl halides is 3. The van der Waals surface area contributed by atoms with E-state index in [4.69, 9.17) is 5.73 Å². The molecule has 1 aromatic carbocycles. The van der Waals surface area contributed by atoms with Crippen molar-refractivity contribution >= 4 is 23.4 Å². The Hall–Kier alpha value is -3.64. The van der Waals surface area contributed by atoms with E-state index in [9.17, 15) is 22.0 Å². The van der Waals surface area contributed by atoms with Crippen LogP contribution in [-0.2, 0) is 6.18 Å². The molecule has 0 unspecified atom stereocenters. The minimum absolute atomic E-state index is 0.0195. The highest BCUT2D eigenvalue weighted by Crippen LogP contribution is 2.30. The SMILES string of the molecule is CC.CC.CC(C)Nc1nc(Nc2cc(F)cc(F)c2)nc(-c2nc(N)cc(C(F)(F)F)n2)n1. The lowest BCUT2D eigenvalue weighted by Gasteiger charge is -2.13. The summed E-state index contributed by atoms with van der Waals surface area (Å²) in [6, 6.07) is 3.08. The minimum atomic E-state index is -4.77. The van der Waals surface area contributed by atoms with Crippen molar-refractivity contribution in [2.24, 2.45) is 0 Å². The highest BCUT2D eigenvalue weighted by molar-refractivity contribution is 5.58. The average molecular weight is 486 g/mol. The van der Waals surface area contributed by atoms with E-state index in [1.165, 1.54) is 0 Å². The van der Waals surface area contributed by atoms with Gasteiger partial charge in [-0.1, -0.05) is 27.7 Å². The van der Waals surface area contributed by atoms with Crippen LogP contribution in [0.4, 0.5) is 45.4 Å². The number of benzene rings is 1. The molecule has 34 heavy (non-hydrogen) atoms. The molecule has 0 spiro atoms. The summed E-state index contributed by atoms with van der Waals surface area (Å²) in [6.07, 6.45) is -4.77. The second-order valence-electron chi connectivity index (χ2n) is 6.39. The Morgan fingerprint density at radius 1 is 0.765 bits per heavy atom. The summed E-state index contributed by atoms with van der Waals surface area (Å²) >= 11 is 0. The van der Waals surface area contributed by atoms with Crippen molar-refractivity contribution in [2.75, 3.05) is 16.4 Å². The number of hydrogen-bond donors (Lipinski definition) is 3. The molecule has 0 saturated heterocycles. The summed E-state index contributed by atoms with van der Waals surface area (Å²) in [4.78, 5) is 19.2. The molecular formula is C21H27F5N8. The summed E-state index contributed by atoms with van der Waals surface area (Å²) in [5, 5.41) is 5.44. The van der Waals surface area contributed by atoms with Gasteiger partial charge in [0.1, 0.15) is 17.5 Å². The number of nitrogens with zero attached hydrogens (tertiary/aromatic N) is 5. The molecule has 2 aromatic heterocycles. The number of anilines is 4. The lowest BCUT2D eigenvalue weighted by molar-refractivity contribution is -0.141. The molecule has 8 nitrogen and oxygen atoms in total. The third kappa shape index (κ3) is 8.37. The fraction of sp³-hybridized carbons (Fsp3) is 0.381. The van der Waals surface area contributed by atoms with Crippen molar-refractivity contribution < 1.29 is 22.0 Å². The van der Waals surface area contributed by atoms with Gasteiger partial charge in [-0.15, -0.1) is 0 Å². The number of hydrogen-bond acceptors (Lipinski definition) is 8. The Labute approximate surface area is 194 Å². The highest BCUT2D eigenvalue weighted by atomic mass is 19.4. The molecule has 0 saturated carbocycles. The zero-order valence-electron chi connectivity index (χ0n) is 19.6. The zero-order valence-corrected chi connectivity index (χ0v) is 19.6. The van der Waals surface area contributed by atoms with Crippen LogP contribution < -0.4 is 16.4 Å². The third-order valence-electron chi connectivity index (χ3n) is 3.41. The van der Waals surface area contributed by atoms with Crippen LogP contribution in [0.15, 0.2) is 24.3 Å². The van der Waals surface area contributed by atoms with Crippen LogP contribution in [0.1, 0.15) is 47.2 Å². The van der Waals surface area contributed by atoms with Crippen LogP contribution >= 0.6 is 0 Å². The standard InChI is InChI=1S/C17H15F5N8.2C2H6/c1-7(2)24-15-28-14(13-26-11(17(20,21)22)6-12(23)27-13)29-16(30-15)25-10-4-8(18)3-9(19)5-10;2*1-2/h3-7H,1-2H3,(H2,23,26,27)(H2,24,25,28,29,30);2*1-2H3. The molecule has 0 amide bonds. The molecular weight excluding hydrogens is 459 g/mol. The van der Waals surface area contributed by atoms with Crippen molar-refractivity contribution in [3.8, 4) is 11.6 Å². The number of nitrogens with one attached hydrogen (secondary N) is 2. The maximum Gasteiger partial charge on any atom is 0.433 e. The predicted molar refractivity (Wildman–Crippen MR) is 121 cm³/mol. The molecule has 3 aromatic rings. The summed E-state index contributed by atoms with van der Waals surface area (Å²) in [5.41, 5.74) is 4.17. The average Bonchev–Trinajstić information content (AvgIpc) is 2.74. The molecule has 13 heteroatoms. The number of halogens is 5. The van der Waals surface area contributed by atoms with E-state index in [-0.39, 0.29) is 29.5 Å². The van der Waals surface area contributed by atoms with E-state index in [0.717, 1.165) is 12.1 Å². The number of nitrogen functional groups attached to an aromatic ring is 1. The van der Waals surface area contributed by atoms with Gasteiger partial charge in [-0.05, 0) is 26.0 Å². The first kappa shape index (κ1) is 28.4. The molecule has 2 heterocycles. The maximum atomic E-state index is 13.4. The molecule has 0 aliphatic carbocycles. The van der Waals surface area contributed by atoms with Gasteiger partial charge in [0.25, 0.3) is 0 Å². The van der Waals surface area contributed by atoms with Crippen LogP contribution in [0.3, 0.4) is 0 Å². The van der Waals surface area contributed by atoms with Crippen molar-refractivity contribution in [1.29, 1.82) is 0 Å². The minimum Gasteiger partial charge on any atom is -0.384 e. The molecule has 0 aliphatic heterocycles. The van der Waals surface area contributed by atoms with Crippen molar-refractivity contribution in [1.82, 2.24) is 24.9 Å². The van der Waals surface area contributed by atoms with Crippen LogP contribution in [0, 0.1) is 11.6 Å². The quantitative estimate of drug-likeness (QED) is 0.386. The largest absolute Gasteiger partial charge is 0.433 e. The van der Waals surface area contributed by atoms with Crippen LogP contribution in [0.5, 0.6) is 0 Å². The second kappa shape index (κ2) is 12.6. The molecule has 0 aliphatic rings. The van der Waals surface area contributed by atoms with E-state index in [2.05, 4.69) is 35.6 Å². The normalized spacial score (nSPS) is 10.6. The molecule has 0 bridgehead atoms. The molecule has 3 rings (SSSR count). The lowest BCUT2D eigenvalue weighted by Crippen LogP contribution is -2.16. The fourth-order valence-electron chi connectivity index (χ4n) is 2.32. The van der Waals surface area contributed by atoms with Gasteiger partial charge < -0.3 is 16.4 Å². The van der Waals surface area contributed by atoms with E-state index in [0.29, 0.717) is 12.1 Å². The first-order valence-corrected chi connectivity index (χ1v) is 10.5. The summed E-state index contributed by atoms with van der Waals surface area (Å²) in [6.45, 7) is 11.6. The van der Waals surface area contributed by atoms with Crippen molar-refractivity contribution in [3.05, 3.63) is 41.6 Å². The maximum absolute atomic E-state index is 13.4. The number of aromatic nitrogens is 5. The van der Waals surface area contributed by atoms with Gasteiger partial charge in [0.05, 0.1) is 0 Å². The van der Waals surface area contributed by atoms with Gasteiger partial charge >= 0.3 is 6.18 Å². The van der Waals surface area contributed by atoms with Gasteiger partial charge in [0.15, 0.2) is 11.5 Å². The number of nitrogens with two attached hydrogens (primary N) is 1. The topological polar surface area (TPSA) is 115 Å². The van der Waals surface area contributed by atoms with E-state index in [1.807, 2.05) is 27.7 Å². The van der Waals surface area contributed by atoms with Gasteiger partial charge in [-0.25, -0.2) is 18.7 Å². The Kier molecular flexibility index (Phi) is 10.5. The van der Waals surface area contributed by atoms with Crippen LogP contribution in [0.25, 0.3) is 11.6 Å².